The lowest BCUT2D eigenvalue weighted by Gasteiger charge is -2.59. The van der Waals surface area contributed by atoms with Gasteiger partial charge in [0.25, 0.3) is 0 Å². The zero-order valence-electron chi connectivity index (χ0n) is 39.9. The highest BCUT2D eigenvalue weighted by molar-refractivity contribution is 6.17. The average Bonchev–Trinajstić information content (AvgIpc) is 3.75. The lowest BCUT2D eigenvalue weighted by molar-refractivity contribution is -0.386. The predicted octanol–water partition coefficient (Wildman–Crippen LogP) is 2.38. The Morgan fingerprint density at radius 2 is 1.45 bits per heavy atom. The number of fused-ring (bicyclic) bond motifs is 7. The third-order valence-electron chi connectivity index (χ3n) is 18.5. The molecule has 1 spiro atoms. The first-order chi connectivity index (χ1) is 31.8. The van der Waals surface area contributed by atoms with Crippen LogP contribution in [0.1, 0.15) is 112 Å². The van der Waals surface area contributed by atoms with E-state index < -0.39 is 97.9 Å². The Bertz CT molecular complexity index is 1770. The molecule has 9 rings (SSSR count). The Labute approximate surface area is 399 Å². The molecule has 5 heterocycles. The van der Waals surface area contributed by atoms with Gasteiger partial charge in [-0.3, -0.25) is 4.79 Å². The van der Waals surface area contributed by atoms with Gasteiger partial charge in [-0.05, 0) is 112 Å². The van der Waals surface area contributed by atoms with Gasteiger partial charge >= 0.3 is 0 Å². The van der Waals surface area contributed by atoms with Crippen LogP contribution in [0.3, 0.4) is 0 Å². The number of amides is 1. The van der Waals surface area contributed by atoms with Crippen molar-refractivity contribution in [1.29, 1.82) is 0 Å². The van der Waals surface area contributed by atoms with Gasteiger partial charge in [0.05, 0.1) is 31.0 Å². The Morgan fingerprint density at radius 1 is 0.776 bits per heavy atom. The Hall–Kier alpha value is -1.10. The van der Waals surface area contributed by atoms with Crippen molar-refractivity contribution >= 4 is 17.5 Å². The number of aliphatic hydroxyl groups excluding tert-OH is 7. The van der Waals surface area contributed by atoms with E-state index in [9.17, 15) is 40.5 Å². The Kier molecular flexibility index (Phi) is 15.0. The summed E-state index contributed by atoms with van der Waals surface area (Å²) in [5.74, 6) is 2.49. The van der Waals surface area contributed by atoms with Crippen molar-refractivity contribution in [1.82, 2.24) is 5.32 Å². The van der Waals surface area contributed by atoms with Gasteiger partial charge in [0.15, 0.2) is 24.7 Å². The molecule has 8 N–H and O–H groups in total. The van der Waals surface area contributed by atoms with Crippen molar-refractivity contribution in [2.75, 3.05) is 19.0 Å². The zero-order valence-corrected chi connectivity index (χ0v) is 40.7. The summed E-state index contributed by atoms with van der Waals surface area (Å²) in [6.45, 7) is 13.2. The van der Waals surface area contributed by atoms with Crippen LogP contribution in [0.5, 0.6) is 0 Å². The van der Waals surface area contributed by atoms with Crippen LogP contribution in [-0.4, -0.2) is 171 Å². The van der Waals surface area contributed by atoms with Crippen molar-refractivity contribution in [2.45, 2.75) is 222 Å². The molecule has 67 heavy (non-hydrogen) atoms. The summed E-state index contributed by atoms with van der Waals surface area (Å²) in [5.41, 5.74) is 1.48. The Morgan fingerprint density at radius 3 is 2.09 bits per heavy atom. The second kappa shape index (κ2) is 19.7. The third kappa shape index (κ3) is 9.11. The van der Waals surface area contributed by atoms with Crippen LogP contribution in [0, 0.1) is 46.3 Å². The molecule has 0 aromatic rings. The van der Waals surface area contributed by atoms with Crippen molar-refractivity contribution in [3.05, 3.63) is 11.6 Å². The molecule has 8 fully saturated rings. The highest BCUT2D eigenvalue weighted by atomic mass is 35.5. The number of rotatable bonds is 11. The number of carbonyl (C=O) groups is 1. The van der Waals surface area contributed by atoms with Crippen LogP contribution < -0.4 is 5.32 Å². The van der Waals surface area contributed by atoms with Gasteiger partial charge in [0.2, 0.25) is 5.91 Å². The number of allylic oxidation sites excluding steroid dienone is 1. The second-order valence-corrected chi connectivity index (χ2v) is 22.9. The summed E-state index contributed by atoms with van der Waals surface area (Å²) in [7, 11) is 0. The van der Waals surface area contributed by atoms with Gasteiger partial charge in [0.1, 0.15) is 61.0 Å². The van der Waals surface area contributed by atoms with Crippen molar-refractivity contribution in [3.63, 3.8) is 0 Å². The number of hydrogen-bond acceptors (Lipinski definition) is 16. The molecule has 4 aliphatic carbocycles. The summed E-state index contributed by atoms with van der Waals surface area (Å²) in [6.07, 6.45) is -10.2. The largest absolute Gasteiger partial charge is 0.388 e. The van der Waals surface area contributed by atoms with Crippen molar-refractivity contribution in [3.8, 4) is 0 Å². The molecule has 0 bridgehead atoms. The molecule has 26 atom stereocenters. The minimum Gasteiger partial charge on any atom is -0.388 e. The highest BCUT2D eigenvalue weighted by Crippen LogP contribution is 2.70. The molecular weight excluding hydrogens is 894 g/mol. The number of carbonyl (C=O) groups excluding carboxylic acids is 1. The summed E-state index contributed by atoms with van der Waals surface area (Å²) in [5, 5.41) is 79.5. The summed E-state index contributed by atoms with van der Waals surface area (Å²) < 4.78 is 51.2. The molecule has 0 aromatic heterocycles. The fraction of sp³-hybridized carbons (Fsp3) is 0.939. The lowest BCUT2D eigenvalue weighted by atomic mass is 9.47. The van der Waals surface area contributed by atoms with E-state index >= 15 is 0 Å². The Balaban J connectivity index is 0.945. The molecule has 1 amide bonds. The van der Waals surface area contributed by atoms with Gasteiger partial charge in [-0.15, -0.1) is 11.6 Å². The van der Waals surface area contributed by atoms with E-state index in [2.05, 4.69) is 39.1 Å². The van der Waals surface area contributed by atoms with E-state index in [1.54, 1.807) is 0 Å². The number of ether oxygens (including phenoxy) is 8. The van der Waals surface area contributed by atoms with E-state index in [1.807, 2.05) is 0 Å². The van der Waals surface area contributed by atoms with E-state index in [1.165, 1.54) is 19.4 Å². The number of hydrogen-bond donors (Lipinski definition) is 8. The molecule has 3 saturated carbocycles. The second-order valence-electron chi connectivity index (χ2n) is 22.5. The smallest absolute Gasteiger partial charge is 0.220 e. The van der Waals surface area contributed by atoms with Crippen molar-refractivity contribution < 1.29 is 78.4 Å². The first-order valence-electron chi connectivity index (χ1n) is 25.3. The number of aliphatic hydroxyl groups is 7. The van der Waals surface area contributed by atoms with E-state index in [0.717, 1.165) is 51.6 Å². The standard InChI is InChI=1S/C49H78ClNO16/c1-22-11-16-49(60-21-22)23(2)34-31(67-49)19-30-28-10-9-26-18-27(12-14-47(26,5)29(28)13-15-48(30,34)6)63-46-43(66-45-40(58)38(56)36(54)25(4)62-45)41(59)42(32(64-46)20-51-33(52)8-7-17-50)65-44-39(57)37(55)35(53)24(3)61-44/h9,22-25,27-32,34-46,53-59H,7-8,10-21H2,1-6H3,(H,51,52)/t22-,23-,24+,25+,27-,28+,29-,30?,31-,32+,34-,35+,36+,37-,38-,39-,40-,41-,42+,43+,44+,45+,46+,47-,48-,49+/m0/s1. The van der Waals surface area contributed by atoms with Crippen LogP contribution in [0.25, 0.3) is 0 Å². The summed E-state index contributed by atoms with van der Waals surface area (Å²) in [4.78, 5) is 12.9. The molecule has 5 saturated heterocycles. The fourth-order valence-electron chi connectivity index (χ4n) is 14.5. The molecule has 5 aliphatic heterocycles. The maximum atomic E-state index is 12.9. The minimum absolute atomic E-state index is 0.0426. The quantitative estimate of drug-likeness (QED) is 0.110. The van der Waals surface area contributed by atoms with Gasteiger partial charge in [-0.1, -0.05) is 39.3 Å². The zero-order chi connectivity index (χ0) is 47.9. The van der Waals surface area contributed by atoms with Gasteiger partial charge < -0.3 is 79.0 Å². The molecule has 17 nitrogen and oxygen atoms in total. The van der Waals surface area contributed by atoms with Crippen LogP contribution in [0.2, 0.25) is 0 Å². The maximum absolute atomic E-state index is 12.9. The number of halogens is 1. The summed E-state index contributed by atoms with van der Waals surface area (Å²) >= 11 is 5.86. The number of alkyl halides is 1. The average molecular weight is 973 g/mol. The molecule has 18 heteroatoms. The van der Waals surface area contributed by atoms with Crippen molar-refractivity contribution in [2.24, 2.45) is 46.3 Å². The fourth-order valence-corrected chi connectivity index (χ4v) is 14.7. The van der Waals surface area contributed by atoms with E-state index in [0.29, 0.717) is 54.8 Å². The maximum Gasteiger partial charge on any atom is 0.220 e. The number of nitrogens with one attached hydrogen (secondary N) is 1. The first kappa shape index (κ1) is 50.8. The van der Waals surface area contributed by atoms with E-state index in [-0.39, 0.29) is 47.8 Å². The topological polar surface area (TPSA) is 245 Å². The first-order valence-corrected chi connectivity index (χ1v) is 25.9. The molecule has 382 valence electrons. The van der Waals surface area contributed by atoms with Gasteiger partial charge in [0, 0.05) is 31.2 Å². The molecule has 9 aliphatic rings. The lowest BCUT2D eigenvalue weighted by Crippen LogP contribution is -2.67. The van der Waals surface area contributed by atoms with Crippen LogP contribution >= 0.6 is 11.6 Å². The van der Waals surface area contributed by atoms with Crippen LogP contribution in [0.4, 0.5) is 0 Å². The monoisotopic (exact) mass is 972 g/mol. The highest BCUT2D eigenvalue weighted by Gasteiger charge is 2.69. The SMILES string of the molecule is C[C@H]1CC[C@@]2(OC1)O[C@H]1CC3[C@@H]4CC=C5C[C@@H](O[C@@H]6O[C@H](CNC(=O)CCCCl)[C@@H](O[C@H]7O[C@H](C)[C@@H](O)[C@H](O)[C@@H]7O)[C@H](O)[C@H]6O[C@H]6O[C@H](C)[C@@H](O)[C@H](O)[C@@H]6O)CC[C@]5(C)[C@H]4CC[C@]3(C)[C@H]1[C@@H]2C. The molecule has 0 radical (unpaired) electrons. The predicted molar refractivity (Wildman–Crippen MR) is 239 cm³/mol. The molecular formula is C49H78ClNO16. The van der Waals surface area contributed by atoms with Crippen LogP contribution in [0.15, 0.2) is 11.6 Å². The normalized spacial score (nSPS) is 54.1. The molecule has 0 aromatic carbocycles. The van der Waals surface area contributed by atoms with Gasteiger partial charge in [-0.2, -0.15) is 0 Å². The molecule has 1 unspecified atom stereocenters. The van der Waals surface area contributed by atoms with Crippen LogP contribution in [-0.2, 0) is 42.7 Å². The third-order valence-corrected chi connectivity index (χ3v) is 18.8. The van der Waals surface area contributed by atoms with Gasteiger partial charge in [-0.25, -0.2) is 0 Å². The summed E-state index contributed by atoms with van der Waals surface area (Å²) in [6, 6.07) is 0. The minimum atomic E-state index is -1.73. The van der Waals surface area contributed by atoms with E-state index in [4.69, 9.17) is 49.5 Å².